The molecule has 0 fully saturated rings. The van der Waals surface area contributed by atoms with Gasteiger partial charge in [-0.15, -0.1) is 11.3 Å². The Morgan fingerprint density at radius 3 is 2.88 bits per heavy atom. The normalized spacial score (nSPS) is 19.7. The second kappa shape index (κ2) is 6.82. The number of rotatable bonds is 4. The molecule has 1 aliphatic rings. The van der Waals surface area contributed by atoms with Crippen LogP contribution in [0.25, 0.3) is 0 Å². The summed E-state index contributed by atoms with van der Waals surface area (Å²) in [5.41, 5.74) is 0.509. The molecule has 2 heterocycles. The highest BCUT2D eigenvalue weighted by molar-refractivity contribution is 7.94. The van der Waals surface area contributed by atoms with Crippen LogP contribution in [0.4, 0.5) is 4.39 Å². The summed E-state index contributed by atoms with van der Waals surface area (Å²) >= 11 is 1.28. The third-order valence-corrected chi connectivity index (χ3v) is 5.88. The molecule has 1 aromatic heterocycles. The molecule has 0 bridgehead atoms. The van der Waals surface area contributed by atoms with Gasteiger partial charge in [0, 0.05) is 34.9 Å². The molecule has 0 spiro atoms. The molecule has 0 saturated carbocycles. The minimum absolute atomic E-state index is 0.0477. The Labute approximate surface area is 142 Å². The number of halogens is 1. The van der Waals surface area contributed by atoms with E-state index in [0.29, 0.717) is 10.4 Å². The zero-order valence-corrected chi connectivity index (χ0v) is 14.3. The number of benzene rings is 1. The predicted octanol–water partition coefficient (Wildman–Crippen LogP) is 2.11. The highest BCUT2D eigenvalue weighted by Crippen LogP contribution is 2.18. The van der Waals surface area contributed by atoms with E-state index in [-0.39, 0.29) is 36.4 Å². The van der Waals surface area contributed by atoms with Crippen LogP contribution in [0.1, 0.15) is 12.0 Å². The van der Waals surface area contributed by atoms with Crippen molar-refractivity contribution in [3.63, 3.8) is 0 Å². The van der Waals surface area contributed by atoms with Crippen molar-refractivity contribution in [2.75, 3.05) is 5.75 Å². The van der Waals surface area contributed by atoms with Crippen LogP contribution in [0.5, 0.6) is 0 Å². The average molecular weight is 366 g/mol. The molecular formula is C16H15FN2O3S2. The third-order valence-electron chi connectivity index (χ3n) is 3.62. The number of hydrogen-bond donors (Lipinski definition) is 0. The topological polar surface area (TPSA) is 68.5 Å². The van der Waals surface area contributed by atoms with Crippen molar-refractivity contribution in [1.29, 1.82) is 0 Å². The number of amides is 1. The summed E-state index contributed by atoms with van der Waals surface area (Å²) in [6, 6.07) is 6.44. The van der Waals surface area contributed by atoms with Gasteiger partial charge in [0.05, 0.1) is 12.3 Å². The molecular weight excluding hydrogens is 351 g/mol. The van der Waals surface area contributed by atoms with Crippen molar-refractivity contribution in [3.8, 4) is 0 Å². The predicted molar refractivity (Wildman–Crippen MR) is 89.4 cm³/mol. The molecule has 1 atom stereocenters. The Kier molecular flexibility index (Phi) is 4.77. The maximum absolute atomic E-state index is 13.7. The zero-order valence-electron chi connectivity index (χ0n) is 12.6. The summed E-state index contributed by atoms with van der Waals surface area (Å²) in [4.78, 5) is 16.6. The van der Waals surface area contributed by atoms with Crippen LogP contribution in [-0.4, -0.2) is 24.6 Å². The standard InChI is InChI=1S/C16H15FN2O3S2/c17-14-4-2-1-3-13(14)10-19-6-7-23-16(19)18-15(20)9-12-5-8-24(21,22)11-12/h1-8,12H,9-11H2. The third kappa shape index (κ3) is 4.07. The Morgan fingerprint density at radius 2 is 2.17 bits per heavy atom. The van der Waals surface area contributed by atoms with E-state index >= 15 is 0 Å². The van der Waals surface area contributed by atoms with Crippen LogP contribution in [0.3, 0.4) is 0 Å². The fourth-order valence-electron chi connectivity index (χ4n) is 2.46. The maximum atomic E-state index is 13.7. The summed E-state index contributed by atoms with van der Waals surface area (Å²) in [6.07, 6.45) is 3.32. The SMILES string of the molecule is O=C(CC1C=CS(=O)(=O)C1)N=c1sccn1Cc1ccccc1F. The molecule has 3 rings (SSSR count). The average Bonchev–Trinajstić information content (AvgIpc) is 3.08. The van der Waals surface area contributed by atoms with E-state index in [1.807, 2.05) is 0 Å². The van der Waals surface area contributed by atoms with Crippen molar-refractivity contribution >= 4 is 27.1 Å². The minimum atomic E-state index is -3.18. The summed E-state index contributed by atoms with van der Waals surface area (Å²) < 4.78 is 38.2. The van der Waals surface area contributed by atoms with Crippen molar-refractivity contribution in [2.24, 2.45) is 10.9 Å². The Hall–Kier alpha value is -2.06. The lowest BCUT2D eigenvalue weighted by molar-refractivity contribution is -0.118. The molecule has 0 radical (unpaired) electrons. The Morgan fingerprint density at radius 1 is 1.38 bits per heavy atom. The number of thiazole rings is 1. The second-order valence-electron chi connectivity index (χ2n) is 5.53. The zero-order chi connectivity index (χ0) is 17.2. The number of nitrogens with zero attached hydrogens (tertiary/aromatic N) is 2. The molecule has 1 unspecified atom stereocenters. The van der Waals surface area contributed by atoms with Crippen LogP contribution in [0, 0.1) is 11.7 Å². The molecule has 126 valence electrons. The van der Waals surface area contributed by atoms with Gasteiger partial charge in [0.15, 0.2) is 14.6 Å². The molecule has 2 aromatic rings. The van der Waals surface area contributed by atoms with Crippen molar-refractivity contribution in [3.05, 3.63) is 63.5 Å². The fraction of sp³-hybridized carbons (Fsp3) is 0.250. The molecule has 1 aliphatic heterocycles. The first-order valence-electron chi connectivity index (χ1n) is 7.29. The number of carbonyl (C=O) groups is 1. The highest BCUT2D eigenvalue weighted by atomic mass is 32.2. The lowest BCUT2D eigenvalue weighted by atomic mass is 10.1. The maximum Gasteiger partial charge on any atom is 0.248 e. The summed E-state index contributed by atoms with van der Waals surface area (Å²) in [5, 5.41) is 2.92. The van der Waals surface area contributed by atoms with E-state index in [2.05, 4.69) is 4.99 Å². The van der Waals surface area contributed by atoms with Gasteiger partial charge in [-0.1, -0.05) is 24.3 Å². The second-order valence-corrected chi connectivity index (χ2v) is 8.34. The summed E-state index contributed by atoms with van der Waals surface area (Å²) in [6.45, 7) is 0.278. The van der Waals surface area contributed by atoms with Gasteiger partial charge < -0.3 is 4.57 Å². The van der Waals surface area contributed by atoms with E-state index in [0.717, 1.165) is 5.41 Å². The van der Waals surface area contributed by atoms with Crippen LogP contribution in [-0.2, 0) is 21.2 Å². The molecule has 1 aromatic carbocycles. The van der Waals surface area contributed by atoms with Gasteiger partial charge >= 0.3 is 0 Å². The van der Waals surface area contributed by atoms with Gasteiger partial charge in [-0.2, -0.15) is 4.99 Å². The number of allylic oxidation sites excluding steroid dienone is 1. The van der Waals surface area contributed by atoms with Gasteiger partial charge in [0.25, 0.3) is 0 Å². The summed E-state index contributed by atoms with van der Waals surface area (Å²) in [7, 11) is -3.18. The number of sulfone groups is 1. The van der Waals surface area contributed by atoms with E-state index < -0.39 is 9.84 Å². The Balaban J connectivity index is 1.75. The lowest BCUT2D eigenvalue weighted by Crippen LogP contribution is -2.19. The molecule has 1 amide bonds. The quantitative estimate of drug-likeness (QED) is 0.832. The monoisotopic (exact) mass is 366 g/mol. The largest absolute Gasteiger partial charge is 0.319 e. The number of carbonyl (C=O) groups excluding carboxylic acids is 1. The Bertz CT molecular complexity index is 957. The van der Waals surface area contributed by atoms with Gasteiger partial charge in [0.2, 0.25) is 5.91 Å². The van der Waals surface area contributed by atoms with E-state index in [4.69, 9.17) is 0 Å². The smallest absolute Gasteiger partial charge is 0.248 e. The van der Waals surface area contributed by atoms with Crippen molar-refractivity contribution in [1.82, 2.24) is 4.57 Å². The number of aromatic nitrogens is 1. The minimum Gasteiger partial charge on any atom is -0.319 e. The molecule has 0 saturated heterocycles. The molecule has 24 heavy (non-hydrogen) atoms. The lowest BCUT2D eigenvalue weighted by Gasteiger charge is -2.05. The van der Waals surface area contributed by atoms with Gasteiger partial charge in [-0.3, -0.25) is 4.79 Å². The molecule has 8 heteroatoms. The molecule has 0 aliphatic carbocycles. The highest BCUT2D eigenvalue weighted by Gasteiger charge is 2.23. The van der Waals surface area contributed by atoms with E-state index in [1.54, 1.807) is 34.3 Å². The van der Waals surface area contributed by atoms with Gasteiger partial charge in [0.1, 0.15) is 5.82 Å². The van der Waals surface area contributed by atoms with E-state index in [1.165, 1.54) is 23.5 Å². The van der Waals surface area contributed by atoms with Crippen molar-refractivity contribution < 1.29 is 17.6 Å². The molecule has 0 N–H and O–H groups in total. The van der Waals surface area contributed by atoms with E-state index in [9.17, 15) is 17.6 Å². The number of hydrogen-bond acceptors (Lipinski definition) is 4. The van der Waals surface area contributed by atoms with Crippen LogP contribution in [0.2, 0.25) is 0 Å². The van der Waals surface area contributed by atoms with Gasteiger partial charge in [-0.25, -0.2) is 12.8 Å². The van der Waals surface area contributed by atoms with Crippen molar-refractivity contribution in [2.45, 2.75) is 13.0 Å². The first-order valence-corrected chi connectivity index (χ1v) is 9.88. The van der Waals surface area contributed by atoms with Crippen LogP contribution in [0.15, 0.2) is 52.3 Å². The summed E-state index contributed by atoms with van der Waals surface area (Å²) in [5.74, 6) is -1.07. The van der Waals surface area contributed by atoms with Crippen LogP contribution < -0.4 is 4.80 Å². The first-order chi connectivity index (χ1) is 11.4. The van der Waals surface area contributed by atoms with Gasteiger partial charge in [-0.05, 0) is 6.07 Å². The molecule has 5 nitrogen and oxygen atoms in total. The fourth-order valence-corrected chi connectivity index (χ4v) is 4.60. The first kappa shape index (κ1) is 16.8. The van der Waals surface area contributed by atoms with Crippen LogP contribution >= 0.6 is 11.3 Å².